The van der Waals surface area contributed by atoms with Gasteiger partial charge in [-0.2, -0.15) is 0 Å². The zero-order valence-corrected chi connectivity index (χ0v) is 47.0. The smallest absolute Gasteiger partial charge is 0.413 e. The van der Waals surface area contributed by atoms with Gasteiger partial charge in [0.1, 0.15) is 24.7 Å². The van der Waals surface area contributed by atoms with Crippen molar-refractivity contribution >= 4 is 41.8 Å². The van der Waals surface area contributed by atoms with Gasteiger partial charge in [-0.05, 0) is 54.6 Å². The van der Waals surface area contributed by atoms with Crippen LogP contribution >= 0.6 is 0 Å². The summed E-state index contributed by atoms with van der Waals surface area (Å²) >= 11 is 0. The number of carbonyl (C=O) groups excluding carboxylic acids is 7. The van der Waals surface area contributed by atoms with E-state index in [1.54, 1.807) is 98.4 Å². The second-order valence-corrected chi connectivity index (χ2v) is 21.2. The Hall–Kier alpha value is -5.79. The molecule has 3 rings (SSSR count). The number of alkyl carbamates (subject to hydrolysis) is 1. The van der Waals surface area contributed by atoms with Crippen LogP contribution in [0.25, 0.3) is 0 Å². The Morgan fingerprint density at radius 1 is 0.707 bits per heavy atom. The average molecular weight is 1050 g/mol. The third kappa shape index (κ3) is 18.5. The van der Waals surface area contributed by atoms with Crippen LogP contribution in [0.4, 0.5) is 9.59 Å². The first-order valence-electron chi connectivity index (χ1n) is 26.5. The van der Waals surface area contributed by atoms with Gasteiger partial charge >= 0.3 is 18.2 Å². The van der Waals surface area contributed by atoms with Crippen molar-refractivity contribution < 1.29 is 62.4 Å². The van der Waals surface area contributed by atoms with Crippen LogP contribution in [-0.4, -0.2) is 139 Å². The molecule has 0 aromatic heterocycles. The summed E-state index contributed by atoms with van der Waals surface area (Å²) in [5.74, 6) is -5.28. The summed E-state index contributed by atoms with van der Waals surface area (Å²) in [5, 5.41) is 22.4. The largest absolute Gasteiger partial charge is 0.445 e. The molecule has 12 atom stereocenters. The van der Waals surface area contributed by atoms with Crippen LogP contribution in [-0.2, 0) is 54.3 Å². The summed E-state index contributed by atoms with van der Waals surface area (Å²) in [5.41, 5.74) is 1.43. The van der Waals surface area contributed by atoms with Crippen molar-refractivity contribution in [2.24, 2.45) is 35.5 Å². The molecule has 1 unspecified atom stereocenters. The van der Waals surface area contributed by atoms with Crippen molar-refractivity contribution in [3.05, 3.63) is 71.8 Å². The molecule has 1 heterocycles. The van der Waals surface area contributed by atoms with Gasteiger partial charge in [-0.1, -0.05) is 143 Å². The number of ether oxygens (including phenoxy) is 5. The SMILES string of the molecule is CC[C@H](C)[C@H](NC(=O)[C@@H](NC(=O)[C@H](C(C)C)N(C)C(=O)OC(OC(=O)[C@@H](NC(=O)OCc1ccccc1)C(C)C)C(C)C)C(C)C)[C@@H](CC(=O)N1CCC[C@H]1[C@H](OC)[C@@H](C)C(=O)N[C@H](C)[C@@H](O)c1ccccc1)OC. The second-order valence-electron chi connectivity index (χ2n) is 21.2. The van der Waals surface area contributed by atoms with Gasteiger partial charge in [-0.3, -0.25) is 24.1 Å². The van der Waals surface area contributed by atoms with E-state index in [1.165, 1.54) is 21.3 Å². The van der Waals surface area contributed by atoms with Crippen molar-refractivity contribution in [1.82, 2.24) is 31.1 Å². The lowest BCUT2D eigenvalue weighted by Crippen LogP contribution is -2.60. The van der Waals surface area contributed by atoms with E-state index in [9.17, 15) is 38.7 Å². The molecule has 75 heavy (non-hydrogen) atoms. The number of benzene rings is 2. The molecule has 0 spiro atoms. The van der Waals surface area contributed by atoms with Gasteiger partial charge in [-0.15, -0.1) is 0 Å². The first-order chi connectivity index (χ1) is 35.4. The maximum atomic E-state index is 14.4. The molecular formula is C56H88N6O13. The summed E-state index contributed by atoms with van der Waals surface area (Å²) in [7, 11) is 4.38. The second kappa shape index (κ2) is 30.7. The van der Waals surface area contributed by atoms with Crippen LogP contribution in [0.3, 0.4) is 0 Å². The summed E-state index contributed by atoms with van der Waals surface area (Å²) in [6.07, 6.45) is -3.75. The van der Waals surface area contributed by atoms with Gasteiger partial charge < -0.3 is 55.0 Å². The lowest BCUT2D eigenvalue weighted by atomic mass is 9.90. The summed E-state index contributed by atoms with van der Waals surface area (Å²) in [4.78, 5) is 99.4. The molecule has 19 nitrogen and oxygen atoms in total. The maximum absolute atomic E-state index is 14.4. The highest BCUT2D eigenvalue weighted by atomic mass is 16.7. The predicted octanol–water partition coefficient (Wildman–Crippen LogP) is 6.51. The van der Waals surface area contributed by atoms with Crippen molar-refractivity contribution in [1.29, 1.82) is 0 Å². The Morgan fingerprint density at radius 2 is 1.31 bits per heavy atom. The van der Waals surface area contributed by atoms with Gasteiger partial charge in [0.25, 0.3) is 6.29 Å². The van der Waals surface area contributed by atoms with Crippen molar-refractivity contribution in [3.8, 4) is 0 Å². The van der Waals surface area contributed by atoms with Crippen molar-refractivity contribution in [2.45, 2.75) is 176 Å². The lowest BCUT2D eigenvalue weighted by Gasteiger charge is -2.37. The molecule has 1 fully saturated rings. The zero-order valence-electron chi connectivity index (χ0n) is 47.0. The van der Waals surface area contributed by atoms with E-state index in [1.807, 2.05) is 50.2 Å². The van der Waals surface area contributed by atoms with E-state index >= 15 is 0 Å². The van der Waals surface area contributed by atoms with E-state index in [-0.39, 0.29) is 30.8 Å². The monoisotopic (exact) mass is 1050 g/mol. The fraction of sp³-hybridized carbons (Fsp3) is 0.661. The third-order valence-corrected chi connectivity index (χ3v) is 14.1. The molecule has 6 amide bonds. The number of hydrogen-bond acceptors (Lipinski definition) is 13. The number of likely N-dealkylation sites (N-methyl/N-ethyl adjacent to an activating group) is 1. The van der Waals surface area contributed by atoms with Gasteiger partial charge in [0.05, 0.1) is 48.8 Å². The van der Waals surface area contributed by atoms with E-state index in [0.717, 1.165) is 10.5 Å². The standard InChI is InChI=1S/C56H88N6O13/c1-16-36(10)46(42(71-14)30-43(63)62-29-23-28-41(62)49(72-15)37(11)50(65)57-38(12)48(64)40-26-21-18-22-27-40)59-51(66)44(32(2)3)58-52(67)47(34(6)7)61(13)56(70)75-54(35(8)9)74-53(68)45(33(4)5)60-55(69)73-31-39-24-19-17-20-25-39/h17-22,24-27,32-38,41-42,44-49,54,64H,16,23,28-31H2,1-15H3,(H,57,65)(H,58,67)(H,59,66)(H,60,69)/t36-,37+,38+,41-,42+,44-,45-,46-,47-,48+,49+,54?/m0/s1. The first-order valence-corrected chi connectivity index (χ1v) is 26.5. The molecule has 0 radical (unpaired) electrons. The first kappa shape index (κ1) is 63.5. The van der Waals surface area contributed by atoms with Gasteiger partial charge in [0, 0.05) is 33.7 Å². The Morgan fingerprint density at radius 3 is 1.84 bits per heavy atom. The highest BCUT2D eigenvalue weighted by Gasteiger charge is 2.43. The number of carbonyl (C=O) groups is 7. The fourth-order valence-electron chi connectivity index (χ4n) is 9.29. The molecule has 2 aromatic rings. The van der Waals surface area contributed by atoms with Crippen LogP contribution in [0.5, 0.6) is 0 Å². The molecule has 1 aliphatic heterocycles. The molecule has 5 N–H and O–H groups in total. The Labute approximate surface area is 445 Å². The number of methoxy groups -OCH3 is 2. The molecule has 0 bridgehead atoms. The number of hydrogen-bond donors (Lipinski definition) is 5. The number of nitrogens with one attached hydrogen (secondary N) is 4. The van der Waals surface area contributed by atoms with Crippen LogP contribution < -0.4 is 21.3 Å². The Bertz CT molecular complexity index is 2130. The molecule has 1 saturated heterocycles. The average Bonchev–Trinajstić information content (AvgIpc) is 3.86. The Kier molecular flexibility index (Phi) is 26.0. The Balaban J connectivity index is 1.71. The highest BCUT2D eigenvalue weighted by molar-refractivity contribution is 5.92. The maximum Gasteiger partial charge on any atom is 0.413 e. The van der Waals surface area contributed by atoms with E-state index in [2.05, 4.69) is 21.3 Å². The molecule has 420 valence electrons. The predicted molar refractivity (Wildman–Crippen MR) is 283 cm³/mol. The lowest BCUT2D eigenvalue weighted by molar-refractivity contribution is -0.180. The number of aliphatic hydroxyl groups excluding tert-OH is 1. The summed E-state index contributed by atoms with van der Waals surface area (Å²) in [6, 6.07) is 13.1. The minimum absolute atomic E-state index is 0.0146. The van der Waals surface area contributed by atoms with E-state index < -0.39 is 120 Å². The van der Waals surface area contributed by atoms with Crippen LogP contribution in [0, 0.1) is 35.5 Å². The van der Waals surface area contributed by atoms with Crippen LogP contribution in [0.2, 0.25) is 0 Å². The number of nitrogens with zero attached hydrogens (tertiary/aromatic N) is 2. The number of aliphatic hydroxyl groups is 1. The zero-order chi connectivity index (χ0) is 56.3. The number of rotatable bonds is 28. The molecule has 2 aromatic carbocycles. The fourth-order valence-corrected chi connectivity index (χ4v) is 9.29. The molecule has 1 aliphatic rings. The van der Waals surface area contributed by atoms with Crippen LogP contribution in [0.1, 0.15) is 126 Å². The quantitative estimate of drug-likeness (QED) is 0.0452. The van der Waals surface area contributed by atoms with Gasteiger partial charge in [0.15, 0.2) is 0 Å². The molecule has 0 aliphatic carbocycles. The normalized spacial score (nSPS) is 18.1. The van der Waals surface area contributed by atoms with E-state index in [4.69, 9.17) is 23.7 Å². The number of amides is 6. The molecule has 0 saturated carbocycles. The third-order valence-electron chi connectivity index (χ3n) is 14.1. The molecule has 19 heteroatoms. The number of esters is 1. The van der Waals surface area contributed by atoms with Gasteiger partial charge in [-0.25, -0.2) is 14.4 Å². The summed E-state index contributed by atoms with van der Waals surface area (Å²) < 4.78 is 28.6. The summed E-state index contributed by atoms with van der Waals surface area (Å²) in [6.45, 7) is 21.6. The van der Waals surface area contributed by atoms with Gasteiger partial charge in [0.2, 0.25) is 23.6 Å². The minimum atomic E-state index is -1.40. The highest BCUT2D eigenvalue weighted by Crippen LogP contribution is 2.29. The van der Waals surface area contributed by atoms with E-state index in [0.29, 0.717) is 31.4 Å². The number of likely N-dealkylation sites (tertiary alicyclic amines) is 1. The molecular weight excluding hydrogens is 965 g/mol. The van der Waals surface area contributed by atoms with Crippen molar-refractivity contribution in [2.75, 3.05) is 27.8 Å². The van der Waals surface area contributed by atoms with Crippen LogP contribution in [0.15, 0.2) is 60.7 Å². The topological polar surface area (TPSA) is 240 Å². The van der Waals surface area contributed by atoms with Crippen molar-refractivity contribution in [3.63, 3.8) is 0 Å². The minimum Gasteiger partial charge on any atom is -0.445 e.